The molecule has 0 aliphatic rings. The van der Waals surface area contributed by atoms with Crippen molar-refractivity contribution in [3.63, 3.8) is 0 Å². The van der Waals surface area contributed by atoms with Crippen LogP contribution < -0.4 is 10.3 Å². The number of aromatic nitrogens is 2. The van der Waals surface area contributed by atoms with E-state index in [1.807, 2.05) is 26.0 Å². The maximum Gasteiger partial charge on any atom is 0.271 e. The first-order chi connectivity index (χ1) is 12.0. The highest BCUT2D eigenvalue weighted by atomic mass is 32.1. The predicted molar refractivity (Wildman–Crippen MR) is 97.7 cm³/mol. The van der Waals surface area contributed by atoms with Gasteiger partial charge >= 0.3 is 0 Å². The van der Waals surface area contributed by atoms with Gasteiger partial charge in [0.1, 0.15) is 17.9 Å². The van der Waals surface area contributed by atoms with Crippen LogP contribution in [-0.4, -0.2) is 40.4 Å². The van der Waals surface area contributed by atoms with Gasteiger partial charge in [-0.25, -0.2) is 4.98 Å². The van der Waals surface area contributed by atoms with E-state index in [4.69, 9.17) is 4.74 Å². The van der Waals surface area contributed by atoms with Crippen LogP contribution in [0.3, 0.4) is 0 Å². The van der Waals surface area contributed by atoms with Crippen LogP contribution >= 0.6 is 11.3 Å². The van der Waals surface area contributed by atoms with Crippen LogP contribution in [0.2, 0.25) is 0 Å². The van der Waals surface area contributed by atoms with Crippen LogP contribution in [0.5, 0.6) is 5.75 Å². The number of thiazole rings is 1. The molecule has 130 valence electrons. The zero-order valence-electron chi connectivity index (χ0n) is 14.4. The predicted octanol–water partition coefficient (Wildman–Crippen LogP) is 2.52. The summed E-state index contributed by atoms with van der Waals surface area (Å²) in [6.07, 6.45) is 2.97. The van der Waals surface area contributed by atoms with E-state index >= 15 is 0 Å². The van der Waals surface area contributed by atoms with Gasteiger partial charge in [-0.2, -0.15) is 0 Å². The molecule has 1 aromatic carbocycles. The van der Waals surface area contributed by atoms with E-state index in [0.717, 1.165) is 16.9 Å². The molecule has 3 rings (SSSR count). The molecule has 6 nitrogen and oxygen atoms in total. The highest BCUT2D eigenvalue weighted by molar-refractivity contribution is 7.15. The lowest BCUT2D eigenvalue weighted by molar-refractivity contribution is 0.0771. The van der Waals surface area contributed by atoms with Crippen molar-refractivity contribution in [2.24, 2.45) is 0 Å². The normalized spacial score (nSPS) is 10.8. The second kappa shape index (κ2) is 7.06. The Hall–Kier alpha value is -2.67. The Balaban J connectivity index is 1.66. The molecule has 0 fully saturated rings. The van der Waals surface area contributed by atoms with Gasteiger partial charge in [0.2, 0.25) is 0 Å². The lowest BCUT2D eigenvalue weighted by atomic mass is 10.1. The Labute approximate surface area is 149 Å². The molecule has 0 spiro atoms. The lowest BCUT2D eigenvalue weighted by Crippen LogP contribution is -2.35. The monoisotopic (exact) mass is 357 g/mol. The fraction of sp³-hybridized carbons (Fsp3) is 0.278. The van der Waals surface area contributed by atoms with E-state index < -0.39 is 0 Å². The minimum absolute atomic E-state index is 0.0600. The number of likely N-dealkylation sites (N-methyl/N-ethyl adjacent to an activating group) is 1. The summed E-state index contributed by atoms with van der Waals surface area (Å²) >= 11 is 1.35. The summed E-state index contributed by atoms with van der Waals surface area (Å²) in [4.78, 5) is 31.1. The fourth-order valence-electron chi connectivity index (χ4n) is 2.60. The summed E-state index contributed by atoms with van der Waals surface area (Å²) in [5.74, 6) is 0.418. The second-order valence-corrected chi connectivity index (χ2v) is 6.80. The average Bonchev–Trinajstić information content (AvgIpc) is 3.03. The third-order valence-corrected chi connectivity index (χ3v) is 4.58. The van der Waals surface area contributed by atoms with Gasteiger partial charge in [-0.3, -0.25) is 14.0 Å². The summed E-state index contributed by atoms with van der Waals surface area (Å²) in [7, 11) is 1.65. The first-order valence-electron chi connectivity index (χ1n) is 7.87. The van der Waals surface area contributed by atoms with Crippen molar-refractivity contribution >= 4 is 22.2 Å². The SMILES string of the molecule is Cc1cc(C)cc(OCCN(C)C(=O)c2cnc3sccn3c2=O)c1. The van der Waals surface area contributed by atoms with Crippen molar-refractivity contribution in [3.05, 3.63) is 63.0 Å². The molecule has 1 amide bonds. The smallest absolute Gasteiger partial charge is 0.271 e. The number of hydrogen-bond donors (Lipinski definition) is 0. The van der Waals surface area contributed by atoms with Crippen LogP contribution in [0.15, 0.2) is 40.8 Å². The Morgan fingerprint density at radius 1 is 1.28 bits per heavy atom. The molecule has 0 aliphatic heterocycles. The molecule has 0 atom stereocenters. The van der Waals surface area contributed by atoms with Crippen molar-refractivity contribution in [3.8, 4) is 5.75 Å². The minimum Gasteiger partial charge on any atom is -0.492 e. The summed E-state index contributed by atoms with van der Waals surface area (Å²) in [6, 6.07) is 5.98. The van der Waals surface area contributed by atoms with Crippen LogP contribution in [0.1, 0.15) is 21.5 Å². The van der Waals surface area contributed by atoms with Crippen molar-refractivity contribution in [1.82, 2.24) is 14.3 Å². The molecule has 3 aromatic rings. The molecular weight excluding hydrogens is 338 g/mol. The Morgan fingerprint density at radius 3 is 2.72 bits per heavy atom. The fourth-order valence-corrected chi connectivity index (χ4v) is 3.27. The first kappa shape index (κ1) is 17.2. The van der Waals surface area contributed by atoms with Gasteiger partial charge in [0.15, 0.2) is 4.96 Å². The quantitative estimate of drug-likeness (QED) is 0.704. The van der Waals surface area contributed by atoms with Crippen LogP contribution in [0, 0.1) is 13.8 Å². The Bertz CT molecular complexity index is 957. The molecule has 0 N–H and O–H groups in total. The van der Waals surface area contributed by atoms with E-state index in [-0.39, 0.29) is 17.0 Å². The largest absolute Gasteiger partial charge is 0.492 e. The zero-order valence-corrected chi connectivity index (χ0v) is 15.2. The van der Waals surface area contributed by atoms with Crippen LogP contribution in [0.4, 0.5) is 0 Å². The molecular formula is C18H19N3O3S. The molecule has 0 saturated carbocycles. The van der Waals surface area contributed by atoms with Gasteiger partial charge < -0.3 is 9.64 Å². The summed E-state index contributed by atoms with van der Waals surface area (Å²) in [6.45, 7) is 4.74. The first-order valence-corrected chi connectivity index (χ1v) is 8.75. The molecule has 0 bridgehead atoms. The number of amides is 1. The highest BCUT2D eigenvalue weighted by Crippen LogP contribution is 2.16. The van der Waals surface area contributed by atoms with Gasteiger partial charge in [-0.15, -0.1) is 11.3 Å². The number of carbonyl (C=O) groups is 1. The number of aryl methyl sites for hydroxylation is 2. The molecule has 0 radical (unpaired) electrons. The summed E-state index contributed by atoms with van der Waals surface area (Å²) in [5.41, 5.74) is 1.97. The van der Waals surface area contributed by atoms with Gasteiger partial charge in [0.25, 0.3) is 11.5 Å². The van der Waals surface area contributed by atoms with Gasteiger partial charge in [-0.05, 0) is 37.1 Å². The topological polar surface area (TPSA) is 63.9 Å². The van der Waals surface area contributed by atoms with Gasteiger partial charge in [-0.1, -0.05) is 6.07 Å². The summed E-state index contributed by atoms with van der Waals surface area (Å²) in [5, 5.41) is 1.76. The zero-order chi connectivity index (χ0) is 18.0. The summed E-state index contributed by atoms with van der Waals surface area (Å²) < 4.78 is 7.11. The van der Waals surface area contributed by atoms with E-state index in [9.17, 15) is 9.59 Å². The second-order valence-electron chi connectivity index (χ2n) is 5.93. The maximum absolute atomic E-state index is 12.5. The number of nitrogens with zero attached hydrogens (tertiary/aromatic N) is 3. The Morgan fingerprint density at radius 2 is 2.00 bits per heavy atom. The number of ether oxygens (including phenoxy) is 1. The van der Waals surface area contributed by atoms with E-state index in [1.54, 1.807) is 18.6 Å². The van der Waals surface area contributed by atoms with E-state index in [1.165, 1.54) is 26.8 Å². The maximum atomic E-state index is 12.5. The number of fused-ring (bicyclic) bond motifs is 1. The molecule has 25 heavy (non-hydrogen) atoms. The molecule has 0 unspecified atom stereocenters. The average molecular weight is 357 g/mol. The number of hydrogen-bond acceptors (Lipinski definition) is 5. The van der Waals surface area contributed by atoms with E-state index in [2.05, 4.69) is 11.1 Å². The van der Waals surface area contributed by atoms with Crippen molar-refractivity contribution in [2.45, 2.75) is 13.8 Å². The van der Waals surface area contributed by atoms with E-state index in [0.29, 0.717) is 18.1 Å². The van der Waals surface area contributed by atoms with Crippen molar-refractivity contribution < 1.29 is 9.53 Å². The Kier molecular flexibility index (Phi) is 4.85. The molecule has 0 saturated heterocycles. The molecule has 2 aromatic heterocycles. The number of benzene rings is 1. The lowest BCUT2D eigenvalue weighted by Gasteiger charge is -2.17. The third-order valence-electron chi connectivity index (χ3n) is 3.81. The molecule has 0 aliphatic carbocycles. The number of rotatable bonds is 5. The standard InChI is InChI=1S/C18H19N3O3S/c1-12-8-13(2)10-14(9-12)24-6-4-20(3)16(22)15-11-19-18-21(17(15)23)5-7-25-18/h5,7-11H,4,6H2,1-3H3. The van der Waals surface area contributed by atoms with Crippen molar-refractivity contribution in [1.29, 1.82) is 0 Å². The van der Waals surface area contributed by atoms with Crippen molar-refractivity contribution in [2.75, 3.05) is 20.2 Å². The third kappa shape index (κ3) is 3.71. The van der Waals surface area contributed by atoms with Crippen LogP contribution in [-0.2, 0) is 0 Å². The molecule has 7 heteroatoms. The number of carbonyl (C=O) groups excluding carboxylic acids is 1. The minimum atomic E-state index is -0.359. The van der Waals surface area contributed by atoms with Gasteiger partial charge in [0, 0.05) is 24.8 Å². The van der Waals surface area contributed by atoms with Crippen LogP contribution in [0.25, 0.3) is 4.96 Å². The highest BCUT2D eigenvalue weighted by Gasteiger charge is 2.17. The molecule has 2 heterocycles. The van der Waals surface area contributed by atoms with Gasteiger partial charge in [0.05, 0.1) is 6.54 Å².